The molecule has 6 aromatic rings. The fourth-order valence-electron chi connectivity index (χ4n) is 3.60. The lowest BCUT2D eigenvalue weighted by Crippen LogP contribution is -2.05. The topological polar surface area (TPSA) is 98.4 Å². The molecule has 36 heavy (non-hydrogen) atoms. The van der Waals surface area contributed by atoms with Crippen LogP contribution in [-0.2, 0) is 17.2 Å². The summed E-state index contributed by atoms with van der Waals surface area (Å²) < 4.78 is 10.5. The van der Waals surface area contributed by atoms with E-state index in [1.54, 1.807) is 54.8 Å². The van der Waals surface area contributed by atoms with Crippen molar-refractivity contribution in [3.8, 4) is 0 Å². The number of fused-ring (bicyclic) bond motifs is 3. The summed E-state index contributed by atoms with van der Waals surface area (Å²) >= 11 is 5.72. The molecule has 6 rings (SSSR count). The fraction of sp³-hybridized carbons (Fsp3) is 0.154. The number of carbonyl (C=O) groups excluding carboxylic acids is 1. The molecule has 0 saturated carbocycles. The number of alkyl halides is 1. The molecule has 0 aliphatic carbocycles. The number of aliphatic hydroxyl groups is 1. The molecule has 9 nitrogen and oxygen atoms in total. The van der Waals surface area contributed by atoms with Gasteiger partial charge in [0.2, 0.25) is 0 Å². The number of hydrogen-bond donors (Lipinski definition) is 1. The highest BCUT2D eigenvalue weighted by atomic mass is 35.5. The van der Waals surface area contributed by atoms with Crippen LogP contribution in [0.2, 0.25) is 0 Å². The maximum absolute atomic E-state index is 11.5. The maximum atomic E-state index is 11.5. The molecule has 0 aliphatic rings. The molecule has 0 saturated heterocycles. The van der Waals surface area contributed by atoms with Gasteiger partial charge in [0.25, 0.3) is 0 Å². The summed E-state index contributed by atoms with van der Waals surface area (Å²) in [6.07, 6.45) is 16.0. The first kappa shape index (κ1) is 24.9. The largest absolute Gasteiger partial charge is 0.462 e. The number of pyridine rings is 3. The minimum absolute atomic E-state index is 0.0655. The van der Waals surface area contributed by atoms with Crippen LogP contribution < -0.4 is 0 Å². The molecule has 184 valence electrons. The second-order valence-electron chi connectivity index (χ2n) is 7.56. The van der Waals surface area contributed by atoms with E-state index in [-0.39, 0.29) is 12.6 Å². The zero-order valence-corrected chi connectivity index (χ0v) is 20.4. The van der Waals surface area contributed by atoms with Crippen molar-refractivity contribution in [3.63, 3.8) is 0 Å². The van der Waals surface area contributed by atoms with E-state index in [9.17, 15) is 4.79 Å². The van der Waals surface area contributed by atoms with Gasteiger partial charge in [0.15, 0.2) is 0 Å². The molecule has 0 bridgehead atoms. The summed E-state index contributed by atoms with van der Waals surface area (Å²) in [5.41, 5.74) is 5.40. The molecule has 6 aromatic heterocycles. The summed E-state index contributed by atoms with van der Waals surface area (Å²) in [5, 5.41) is 8.91. The third kappa shape index (κ3) is 5.54. The first-order valence-corrected chi connectivity index (χ1v) is 11.7. The molecule has 6 heterocycles. The van der Waals surface area contributed by atoms with Gasteiger partial charge in [0, 0.05) is 30.0 Å². The molecule has 10 heteroatoms. The van der Waals surface area contributed by atoms with Gasteiger partial charge in [0.1, 0.15) is 0 Å². The lowest BCUT2D eigenvalue weighted by atomic mass is 10.2. The molecule has 0 spiro atoms. The summed E-state index contributed by atoms with van der Waals surface area (Å²) in [5.74, 6) is 0.231. The number of carbonyl (C=O) groups is 1. The highest BCUT2D eigenvalue weighted by molar-refractivity contribution is 6.17. The Morgan fingerprint density at radius 1 is 0.833 bits per heavy atom. The summed E-state index contributed by atoms with van der Waals surface area (Å²) in [6.45, 7) is 2.23. The van der Waals surface area contributed by atoms with Crippen LogP contribution in [0.4, 0.5) is 0 Å². The van der Waals surface area contributed by atoms with Crippen LogP contribution in [0.3, 0.4) is 0 Å². The lowest BCUT2D eigenvalue weighted by molar-refractivity contribution is 0.0528. The molecule has 0 aliphatic heterocycles. The number of nitrogens with zero attached hydrogens (tertiary/aromatic N) is 6. The van der Waals surface area contributed by atoms with E-state index >= 15 is 0 Å². The molecule has 0 unspecified atom stereocenters. The lowest BCUT2D eigenvalue weighted by Gasteiger charge is -2.02. The summed E-state index contributed by atoms with van der Waals surface area (Å²) in [7, 11) is 0. The second-order valence-corrected chi connectivity index (χ2v) is 7.83. The minimum atomic E-state index is -0.307. The van der Waals surface area contributed by atoms with Crippen molar-refractivity contribution in [3.05, 3.63) is 109 Å². The standard InChI is InChI=1S/C10H10N2O2.C8H7ClN2.C8H8N2O/c1-2-14-10(13)8-4-3-5-12-7-11-6-9(8)12;9-4-7-2-1-3-11-6-10-5-8(7)11;11-5-7-2-1-3-10-6-9-4-8(7)10/h3-7H,2H2,1H3;1-3,5-6H,4H2;1-4,6,11H,5H2. The van der Waals surface area contributed by atoms with Crippen molar-refractivity contribution >= 4 is 34.1 Å². The molecule has 0 amide bonds. The molecular weight excluding hydrogens is 480 g/mol. The predicted octanol–water partition coefficient (Wildman–Crippen LogP) is 4.41. The van der Waals surface area contributed by atoms with E-state index in [0.717, 1.165) is 27.7 Å². The number of aromatic nitrogens is 6. The van der Waals surface area contributed by atoms with Gasteiger partial charge in [-0.3, -0.25) is 0 Å². The van der Waals surface area contributed by atoms with E-state index in [2.05, 4.69) is 15.0 Å². The molecule has 0 fully saturated rings. The van der Waals surface area contributed by atoms with Gasteiger partial charge in [-0.15, -0.1) is 11.6 Å². The quantitative estimate of drug-likeness (QED) is 0.282. The van der Waals surface area contributed by atoms with Crippen LogP contribution in [0, 0.1) is 0 Å². The maximum Gasteiger partial charge on any atom is 0.340 e. The van der Waals surface area contributed by atoms with E-state index in [1.807, 2.05) is 57.9 Å². The Labute approximate surface area is 212 Å². The van der Waals surface area contributed by atoms with Crippen LogP contribution in [-0.4, -0.2) is 45.8 Å². The number of halogens is 1. The van der Waals surface area contributed by atoms with Gasteiger partial charge in [-0.2, -0.15) is 0 Å². The number of rotatable bonds is 4. The molecular formula is C26H25ClN6O3. The SMILES string of the molecule is CCOC(=O)c1cccn2cncc12.ClCc1cccn2cncc12.OCc1cccn2cncc12. The Morgan fingerprint density at radius 3 is 1.89 bits per heavy atom. The van der Waals surface area contributed by atoms with Crippen LogP contribution in [0.1, 0.15) is 28.4 Å². The zero-order valence-electron chi connectivity index (χ0n) is 19.6. The van der Waals surface area contributed by atoms with Crippen LogP contribution in [0.5, 0.6) is 0 Å². The molecule has 0 aromatic carbocycles. The van der Waals surface area contributed by atoms with Crippen molar-refractivity contribution in [1.29, 1.82) is 0 Å². The molecule has 0 radical (unpaired) electrons. The van der Waals surface area contributed by atoms with Crippen molar-refractivity contribution in [2.45, 2.75) is 19.4 Å². The second kappa shape index (κ2) is 12.0. The summed E-state index contributed by atoms with van der Waals surface area (Å²) in [6, 6.07) is 11.3. The highest BCUT2D eigenvalue weighted by Gasteiger charge is 2.10. The van der Waals surface area contributed by atoms with Gasteiger partial charge in [0.05, 0.1) is 72.9 Å². The third-order valence-corrected chi connectivity index (χ3v) is 5.63. The first-order valence-electron chi connectivity index (χ1n) is 11.2. The Balaban J connectivity index is 0.000000128. The molecule has 0 atom stereocenters. The Bertz CT molecular complexity index is 1500. The van der Waals surface area contributed by atoms with Gasteiger partial charge < -0.3 is 23.0 Å². The fourth-order valence-corrected chi connectivity index (χ4v) is 3.82. The third-order valence-electron chi connectivity index (χ3n) is 5.34. The first-order chi connectivity index (χ1) is 17.7. The van der Waals surface area contributed by atoms with Gasteiger partial charge in [-0.05, 0) is 36.8 Å². The van der Waals surface area contributed by atoms with E-state index in [1.165, 1.54) is 0 Å². The Kier molecular flexibility index (Phi) is 8.28. The minimum Gasteiger partial charge on any atom is -0.462 e. The molecule has 1 N–H and O–H groups in total. The van der Waals surface area contributed by atoms with Crippen LogP contribution >= 0.6 is 11.6 Å². The van der Waals surface area contributed by atoms with Crippen LogP contribution in [0.25, 0.3) is 16.6 Å². The summed E-state index contributed by atoms with van der Waals surface area (Å²) in [4.78, 5) is 23.4. The smallest absolute Gasteiger partial charge is 0.340 e. The Morgan fingerprint density at radius 2 is 1.33 bits per heavy atom. The number of ether oxygens (including phenoxy) is 1. The van der Waals surface area contributed by atoms with Gasteiger partial charge in [-0.1, -0.05) is 12.1 Å². The number of aliphatic hydroxyl groups excluding tert-OH is 1. The number of hydrogen-bond acceptors (Lipinski definition) is 6. The van der Waals surface area contributed by atoms with Crippen molar-refractivity contribution in [2.24, 2.45) is 0 Å². The van der Waals surface area contributed by atoms with Crippen molar-refractivity contribution < 1.29 is 14.6 Å². The average Bonchev–Trinajstić information content (AvgIpc) is 3.69. The monoisotopic (exact) mass is 504 g/mol. The number of esters is 1. The van der Waals surface area contributed by atoms with Crippen molar-refractivity contribution in [1.82, 2.24) is 28.2 Å². The van der Waals surface area contributed by atoms with E-state index < -0.39 is 0 Å². The zero-order chi connectivity index (χ0) is 25.3. The van der Waals surface area contributed by atoms with Crippen LogP contribution in [0.15, 0.2) is 92.6 Å². The Hall–Kier alpha value is -4.21. The van der Waals surface area contributed by atoms with Gasteiger partial charge >= 0.3 is 5.97 Å². The van der Waals surface area contributed by atoms with E-state index in [0.29, 0.717) is 18.1 Å². The average molecular weight is 505 g/mol. The number of imidazole rings is 3. The predicted molar refractivity (Wildman–Crippen MR) is 137 cm³/mol. The highest BCUT2D eigenvalue weighted by Crippen LogP contribution is 2.12. The van der Waals surface area contributed by atoms with E-state index in [4.69, 9.17) is 21.4 Å². The van der Waals surface area contributed by atoms with Crippen molar-refractivity contribution in [2.75, 3.05) is 6.61 Å². The van der Waals surface area contributed by atoms with Gasteiger partial charge in [-0.25, -0.2) is 19.7 Å². The normalized spacial score (nSPS) is 10.5.